The number of aryl methyl sites for hydroxylation is 2. The van der Waals surface area contributed by atoms with E-state index in [1.165, 1.54) is 36.0 Å². The summed E-state index contributed by atoms with van der Waals surface area (Å²) in [5, 5.41) is 0. The third-order valence-electron chi connectivity index (χ3n) is 8.66. The Morgan fingerprint density at radius 1 is 0.970 bits per heavy atom. The van der Waals surface area contributed by atoms with E-state index in [0.717, 1.165) is 24.8 Å². The molecule has 4 aliphatic rings. The average Bonchev–Trinajstić information content (AvgIpc) is 2.78. The number of benzene rings is 2. The Morgan fingerprint density at radius 2 is 1.70 bits per heavy atom. The van der Waals surface area contributed by atoms with Gasteiger partial charge in [-0.2, -0.15) is 0 Å². The second-order valence-electron chi connectivity index (χ2n) is 11.0. The summed E-state index contributed by atoms with van der Waals surface area (Å²) >= 11 is 0. The van der Waals surface area contributed by atoms with Gasteiger partial charge >= 0.3 is 5.97 Å². The van der Waals surface area contributed by atoms with Crippen LogP contribution in [0.5, 0.6) is 5.75 Å². The van der Waals surface area contributed by atoms with Crippen LogP contribution in [0.1, 0.15) is 78.1 Å². The fourth-order valence-electron chi connectivity index (χ4n) is 7.32. The summed E-state index contributed by atoms with van der Waals surface area (Å²) in [7, 11) is 1.60. The fraction of sp³-hybridized carbons (Fsp3) is 0.517. The summed E-state index contributed by atoms with van der Waals surface area (Å²) in [6.07, 6.45) is 6.40. The first kappa shape index (κ1) is 22.2. The maximum absolute atomic E-state index is 13.7. The SMILES string of the molecule is COc1ccc(C(C)=O)cc1COC(=O)C12C[C@H]3C[C@@H](C1)CC(c1ccc(C)c(C)c1)(C3)C2. The van der Waals surface area contributed by atoms with Gasteiger partial charge in [0, 0.05) is 11.1 Å². The van der Waals surface area contributed by atoms with Crippen molar-refractivity contribution in [2.75, 3.05) is 7.11 Å². The van der Waals surface area contributed by atoms with E-state index in [1.807, 2.05) is 0 Å². The second kappa shape index (κ2) is 8.00. The number of esters is 1. The maximum Gasteiger partial charge on any atom is 0.312 e. The Morgan fingerprint density at radius 3 is 2.33 bits per heavy atom. The first-order valence-corrected chi connectivity index (χ1v) is 12.2. The molecule has 0 spiro atoms. The molecule has 0 aliphatic heterocycles. The van der Waals surface area contributed by atoms with Crippen molar-refractivity contribution in [1.82, 2.24) is 0 Å². The summed E-state index contributed by atoms with van der Waals surface area (Å²) < 4.78 is 11.4. The first-order valence-electron chi connectivity index (χ1n) is 12.2. The van der Waals surface area contributed by atoms with Gasteiger partial charge < -0.3 is 9.47 Å². The van der Waals surface area contributed by atoms with Gasteiger partial charge in [0.25, 0.3) is 0 Å². The molecular formula is C29H34O4. The van der Waals surface area contributed by atoms with Gasteiger partial charge in [0.2, 0.25) is 0 Å². The fourth-order valence-corrected chi connectivity index (χ4v) is 7.32. The monoisotopic (exact) mass is 446 g/mol. The summed E-state index contributed by atoms with van der Waals surface area (Å²) in [6, 6.07) is 12.2. The first-order chi connectivity index (χ1) is 15.7. The van der Waals surface area contributed by atoms with E-state index in [1.54, 1.807) is 32.2 Å². The van der Waals surface area contributed by atoms with Crippen molar-refractivity contribution in [1.29, 1.82) is 0 Å². The van der Waals surface area contributed by atoms with Gasteiger partial charge in [-0.15, -0.1) is 0 Å². The number of hydrogen-bond donors (Lipinski definition) is 0. The van der Waals surface area contributed by atoms with Gasteiger partial charge in [0.15, 0.2) is 5.78 Å². The molecule has 0 aromatic heterocycles. The number of rotatable bonds is 6. The van der Waals surface area contributed by atoms with Gasteiger partial charge in [-0.3, -0.25) is 9.59 Å². The molecule has 4 saturated carbocycles. The van der Waals surface area contributed by atoms with E-state index >= 15 is 0 Å². The van der Waals surface area contributed by atoms with Crippen LogP contribution in [0, 0.1) is 31.1 Å². The van der Waals surface area contributed by atoms with Crippen molar-refractivity contribution >= 4 is 11.8 Å². The van der Waals surface area contributed by atoms with Crippen LogP contribution in [-0.4, -0.2) is 18.9 Å². The van der Waals surface area contributed by atoms with Gasteiger partial charge in [0.1, 0.15) is 12.4 Å². The molecule has 4 bridgehead atoms. The van der Waals surface area contributed by atoms with Gasteiger partial charge in [-0.05, 0) is 111 Å². The molecule has 4 nitrogen and oxygen atoms in total. The molecule has 0 N–H and O–H groups in total. The minimum absolute atomic E-state index is 0.0124. The zero-order valence-electron chi connectivity index (χ0n) is 20.2. The molecule has 0 heterocycles. The van der Waals surface area contributed by atoms with Crippen molar-refractivity contribution in [2.45, 2.75) is 71.3 Å². The van der Waals surface area contributed by atoms with Crippen LogP contribution < -0.4 is 4.74 Å². The Balaban J connectivity index is 1.40. The predicted octanol–water partition coefficient (Wildman–Crippen LogP) is 6.10. The summed E-state index contributed by atoms with van der Waals surface area (Å²) in [6.45, 7) is 6.02. The standard InChI is InChI=1S/C29H34O4/c1-18-5-7-25(9-19(18)2)28-12-21-10-22(13-28)15-29(14-21,17-28)27(31)33-16-24-11-23(20(3)30)6-8-26(24)32-4/h5-9,11,21-22H,10,12-17H2,1-4H3/t21-,22+,28?,29?. The Labute approximate surface area is 196 Å². The molecule has 174 valence electrons. The third kappa shape index (κ3) is 3.78. The molecule has 33 heavy (non-hydrogen) atoms. The van der Waals surface area contributed by atoms with Crippen molar-refractivity contribution in [3.05, 3.63) is 64.2 Å². The van der Waals surface area contributed by atoms with Gasteiger partial charge in [0.05, 0.1) is 12.5 Å². The molecule has 2 aromatic rings. The Bertz CT molecular complexity index is 1100. The lowest BCUT2D eigenvalue weighted by atomic mass is 9.43. The normalized spacial score (nSPS) is 29.7. The molecule has 2 unspecified atom stereocenters. The number of ketones is 1. The van der Waals surface area contributed by atoms with Crippen LogP contribution in [0.2, 0.25) is 0 Å². The molecule has 4 fully saturated rings. The number of carbonyl (C=O) groups is 2. The molecule has 4 atom stereocenters. The lowest BCUT2D eigenvalue weighted by Crippen LogP contribution is -2.57. The van der Waals surface area contributed by atoms with Crippen molar-refractivity contribution in [3.63, 3.8) is 0 Å². The number of methoxy groups -OCH3 is 1. The van der Waals surface area contributed by atoms with Crippen LogP contribution in [0.25, 0.3) is 0 Å². The largest absolute Gasteiger partial charge is 0.496 e. The smallest absolute Gasteiger partial charge is 0.312 e. The van der Waals surface area contributed by atoms with E-state index in [9.17, 15) is 9.59 Å². The molecule has 4 aliphatic carbocycles. The maximum atomic E-state index is 13.7. The number of Topliss-reactive ketones (excluding diaryl/α,β-unsaturated/α-hetero) is 1. The molecule has 0 amide bonds. The summed E-state index contributed by atoms with van der Waals surface area (Å²) in [5.41, 5.74) is 5.10. The molecule has 6 rings (SSSR count). The van der Waals surface area contributed by atoms with Crippen LogP contribution in [0.4, 0.5) is 0 Å². The molecule has 4 heteroatoms. The third-order valence-corrected chi connectivity index (χ3v) is 8.66. The lowest BCUT2D eigenvalue weighted by molar-refractivity contribution is -0.175. The zero-order chi connectivity index (χ0) is 23.4. The number of ether oxygens (including phenoxy) is 2. The Hall–Kier alpha value is -2.62. The van der Waals surface area contributed by atoms with E-state index in [2.05, 4.69) is 32.0 Å². The van der Waals surface area contributed by atoms with Crippen molar-refractivity contribution in [2.24, 2.45) is 17.3 Å². The van der Waals surface area contributed by atoms with E-state index in [-0.39, 0.29) is 23.8 Å². The topological polar surface area (TPSA) is 52.6 Å². The number of carbonyl (C=O) groups excluding carboxylic acids is 2. The zero-order valence-corrected chi connectivity index (χ0v) is 20.2. The van der Waals surface area contributed by atoms with E-state index in [4.69, 9.17) is 9.47 Å². The van der Waals surface area contributed by atoms with Gasteiger partial charge in [-0.25, -0.2) is 0 Å². The molecule has 0 saturated heterocycles. The van der Waals surface area contributed by atoms with Crippen LogP contribution >= 0.6 is 0 Å². The quantitative estimate of drug-likeness (QED) is 0.398. The van der Waals surface area contributed by atoms with Crippen LogP contribution in [0.3, 0.4) is 0 Å². The minimum Gasteiger partial charge on any atom is -0.496 e. The summed E-state index contributed by atoms with van der Waals surface area (Å²) in [4.78, 5) is 25.5. The molecule has 2 aromatic carbocycles. The highest BCUT2D eigenvalue weighted by Crippen LogP contribution is 2.66. The Kier molecular flexibility index (Phi) is 5.38. The average molecular weight is 447 g/mol. The highest BCUT2D eigenvalue weighted by molar-refractivity contribution is 5.94. The lowest BCUT2D eigenvalue weighted by Gasteiger charge is -2.61. The van der Waals surface area contributed by atoms with Gasteiger partial charge in [-0.1, -0.05) is 18.2 Å². The second-order valence-corrected chi connectivity index (χ2v) is 11.0. The van der Waals surface area contributed by atoms with Crippen LogP contribution in [0.15, 0.2) is 36.4 Å². The predicted molar refractivity (Wildman–Crippen MR) is 128 cm³/mol. The molecule has 0 radical (unpaired) electrons. The van der Waals surface area contributed by atoms with Crippen molar-refractivity contribution < 1.29 is 19.1 Å². The minimum atomic E-state index is -0.395. The highest BCUT2D eigenvalue weighted by atomic mass is 16.5. The van der Waals surface area contributed by atoms with E-state index in [0.29, 0.717) is 23.1 Å². The summed E-state index contributed by atoms with van der Waals surface area (Å²) in [5.74, 6) is 1.75. The number of hydrogen-bond acceptors (Lipinski definition) is 4. The molecular weight excluding hydrogens is 412 g/mol. The van der Waals surface area contributed by atoms with Crippen molar-refractivity contribution in [3.8, 4) is 5.75 Å². The highest BCUT2D eigenvalue weighted by Gasteiger charge is 2.61. The van der Waals surface area contributed by atoms with E-state index < -0.39 is 5.41 Å². The van der Waals surface area contributed by atoms with Crippen LogP contribution in [-0.2, 0) is 21.6 Å².